The van der Waals surface area contributed by atoms with Gasteiger partial charge in [0.15, 0.2) is 0 Å². The van der Waals surface area contributed by atoms with E-state index in [1.54, 1.807) is 15.9 Å². The van der Waals surface area contributed by atoms with Gasteiger partial charge in [0.2, 0.25) is 11.8 Å². The highest BCUT2D eigenvalue weighted by Gasteiger charge is 2.33. The van der Waals surface area contributed by atoms with Gasteiger partial charge in [-0.25, -0.2) is 4.98 Å². The molecule has 2 amide bonds. The normalized spacial score (nSPS) is 17.0. The van der Waals surface area contributed by atoms with Crippen molar-refractivity contribution in [2.24, 2.45) is 5.92 Å². The molecule has 132 valence electrons. The first-order valence-electron chi connectivity index (χ1n) is 8.64. The molecule has 0 aliphatic carbocycles. The number of aromatic nitrogens is 3. The quantitative estimate of drug-likeness (QED) is 0.723. The molecule has 1 saturated heterocycles. The van der Waals surface area contributed by atoms with Gasteiger partial charge in [-0.1, -0.05) is 30.3 Å². The Hall–Kier alpha value is -2.70. The number of likely N-dealkylation sites (tertiary alicyclic amines) is 1. The van der Waals surface area contributed by atoms with Crippen LogP contribution in [-0.4, -0.2) is 51.1 Å². The molecule has 2 aromatic rings. The Morgan fingerprint density at radius 3 is 2.84 bits per heavy atom. The molecular formula is C18H23N5O2. The minimum absolute atomic E-state index is 0.0332. The molecule has 1 aliphatic rings. The molecule has 3 rings (SSSR count). The van der Waals surface area contributed by atoms with E-state index in [0.29, 0.717) is 32.6 Å². The smallest absolute Gasteiger partial charge is 0.225 e. The summed E-state index contributed by atoms with van der Waals surface area (Å²) in [7, 11) is 0. The van der Waals surface area contributed by atoms with Crippen LogP contribution in [0.5, 0.6) is 0 Å². The number of nitrogens with zero attached hydrogens (tertiary/aromatic N) is 4. The largest absolute Gasteiger partial charge is 0.356 e. The van der Waals surface area contributed by atoms with Crippen LogP contribution in [0.15, 0.2) is 43.0 Å². The van der Waals surface area contributed by atoms with E-state index in [-0.39, 0.29) is 17.7 Å². The van der Waals surface area contributed by atoms with Gasteiger partial charge in [0, 0.05) is 32.6 Å². The third kappa shape index (κ3) is 4.89. The Morgan fingerprint density at radius 2 is 2.08 bits per heavy atom. The fourth-order valence-corrected chi connectivity index (χ4v) is 3.02. The van der Waals surface area contributed by atoms with Gasteiger partial charge in [-0.3, -0.25) is 14.3 Å². The van der Waals surface area contributed by atoms with E-state index in [4.69, 9.17) is 0 Å². The molecule has 7 nitrogen and oxygen atoms in total. The molecule has 2 heterocycles. The Morgan fingerprint density at radius 1 is 1.24 bits per heavy atom. The van der Waals surface area contributed by atoms with Crippen LogP contribution in [0.2, 0.25) is 0 Å². The highest BCUT2D eigenvalue weighted by molar-refractivity contribution is 5.89. The van der Waals surface area contributed by atoms with Crippen molar-refractivity contribution in [1.82, 2.24) is 25.0 Å². The summed E-state index contributed by atoms with van der Waals surface area (Å²) in [6.45, 7) is 2.47. The third-order valence-corrected chi connectivity index (χ3v) is 4.43. The van der Waals surface area contributed by atoms with E-state index >= 15 is 0 Å². The highest BCUT2D eigenvalue weighted by atomic mass is 16.2. The van der Waals surface area contributed by atoms with E-state index in [2.05, 4.69) is 27.5 Å². The second kappa shape index (κ2) is 8.41. The van der Waals surface area contributed by atoms with Crippen molar-refractivity contribution in [3.8, 4) is 0 Å². The number of benzene rings is 1. The molecular weight excluding hydrogens is 318 g/mol. The van der Waals surface area contributed by atoms with Crippen molar-refractivity contribution in [2.75, 3.05) is 19.6 Å². The van der Waals surface area contributed by atoms with Gasteiger partial charge in [-0.15, -0.1) is 0 Å². The topological polar surface area (TPSA) is 80.1 Å². The number of amides is 2. The van der Waals surface area contributed by atoms with Gasteiger partial charge in [-0.2, -0.15) is 5.10 Å². The molecule has 1 fully saturated rings. The predicted molar refractivity (Wildman–Crippen MR) is 92.5 cm³/mol. The van der Waals surface area contributed by atoms with Crippen molar-refractivity contribution in [1.29, 1.82) is 0 Å². The predicted octanol–water partition coefficient (Wildman–Crippen LogP) is 0.876. The summed E-state index contributed by atoms with van der Waals surface area (Å²) in [4.78, 5) is 30.0. The van der Waals surface area contributed by atoms with Crippen molar-refractivity contribution < 1.29 is 9.59 Å². The minimum atomic E-state index is -0.241. The summed E-state index contributed by atoms with van der Waals surface area (Å²) in [5.74, 6) is -0.206. The fraction of sp³-hybridized carbons (Fsp3) is 0.444. The van der Waals surface area contributed by atoms with Crippen LogP contribution in [0.25, 0.3) is 0 Å². The molecule has 1 atom stereocenters. The summed E-state index contributed by atoms with van der Waals surface area (Å²) in [5, 5.41) is 6.94. The van der Waals surface area contributed by atoms with E-state index in [0.717, 1.165) is 12.8 Å². The second-order valence-electron chi connectivity index (χ2n) is 6.28. The Kier molecular flexibility index (Phi) is 5.77. The maximum Gasteiger partial charge on any atom is 0.225 e. The molecule has 0 saturated carbocycles. The zero-order chi connectivity index (χ0) is 17.5. The van der Waals surface area contributed by atoms with E-state index in [1.807, 2.05) is 18.2 Å². The molecule has 1 N–H and O–H groups in total. The highest BCUT2D eigenvalue weighted by Crippen LogP contribution is 2.18. The molecule has 25 heavy (non-hydrogen) atoms. The van der Waals surface area contributed by atoms with Crippen LogP contribution in [0.4, 0.5) is 0 Å². The van der Waals surface area contributed by atoms with E-state index in [9.17, 15) is 9.59 Å². The second-order valence-corrected chi connectivity index (χ2v) is 6.28. The van der Waals surface area contributed by atoms with Crippen LogP contribution in [0, 0.1) is 5.92 Å². The summed E-state index contributed by atoms with van der Waals surface area (Å²) in [6.07, 6.45) is 5.06. The lowest BCUT2D eigenvalue weighted by molar-refractivity contribution is -0.129. The first kappa shape index (κ1) is 17.1. The van der Waals surface area contributed by atoms with E-state index in [1.165, 1.54) is 11.9 Å². The minimum Gasteiger partial charge on any atom is -0.356 e. The SMILES string of the molecule is O=C(NCCCn1cncn1)[C@H]1CC(=O)N(CCc2ccccc2)C1. The van der Waals surface area contributed by atoms with Gasteiger partial charge in [0.05, 0.1) is 5.92 Å². The molecule has 7 heteroatoms. The van der Waals surface area contributed by atoms with Crippen molar-refractivity contribution in [3.05, 3.63) is 48.5 Å². The zero-order valence-electron chi connectivity index (χ0n) is 14.2. The standard InChI is InChI=1S/C18H23N5O2/c24-17-11-16(12-22(17)10-7-15-5-2-1-3-6-15)18(25)20-8-4-9-23-14-19-13-21-23/h1-3,5-6,13-14,16H,4,7-12H2,(H,20,25)/t16-/m0/s1. The molecule has 1 aliphatic heterocycles. The molecule has 0 spiro atoms. The maximum absolute atomic E-state index is 12.2. The number of carbonyl (C=O) groups excluding carboxylic acids is 2. The number of rotatable bonds is 8. The Labute approximate surface area is 147 Å². The number of hydrogen-bond acceptors (Lipinski definition) is 4. The third-order valence-electron chi connectivity index (χ3n) is 4.43. The molecule has 0 radical (unpaired) electrons. The van der Waals surface area contributed by atoms with Gasteiger partial charge in [0.25, 0.3) is 0 Å². The Balaban J connectivity index is 1.38. The van der Waals surface area contributed by atoms with Crippen LogP contribution >= 0.6 is 0 Å². The summed E-state index contributed by atoms with van der Waals surface area (Å²) in [5.41, 5.74) is 1.20. The van der Waals surface area contributed by atoms with Gasteiger partial charge in [-0.05, 0) is 18.4 Å². The van der Waals surface area contributed by atoms with Crippen molar-refractivity contribution in [2.45, 2.75) is 25.8 Å². The fourth-order valence-electron chi connectivity index (χ4n) is 3.02. The van der Waals surface area contributed by atoms with Crippen LogP contribution in [0.1, 0.15) is 18.4 Å². The number of nitrogens with one attached hydrogen (secondary N) is 1. The van der Waals surface area contributed by atoms with Crippen molar-refractivity contribution in [3.63, 3.8) is 0 Å². The first-order chi connectivity index (χ1) is 12.2. The lowest BCUT2D eigenvalue weighted by Gasteiger charge is -2.16. The molecule has 1 aromatic carbocycles. The van der Waals surface area contributed by atoms with Crippen LogP contribution < -0.4 is 5.32 Å². The number of aryl methyl sites for hydroxylation is 1. The lowest BCUT2D eigenvalue weighted by atomic mass is 10.1. The lowest BCUT2D eigenvalue weighted by Crippen LogP contribution is -2.34. The van der Waals surface area contributed by atoms with Gasteiger partial charge in [0.1, 0.15) is 12.7 Å². The summed E-state index contributed by atoms with van der Waals surface area (Å²) < 4.78 is 1.73. The van der Waals surface area contributed by atoms with E-state index < -0.39 is 0 Å². The van der Waals surface area contributed by atoms with Crippen LogP contribution in [-0.2, 0) is 22.6 Å². The maximum atomic E-state index is 12.2. The molecule has 0 unspecified atom stereocenters. The number of hydrogen-bond donors (Lipinski definition) is 1. The first-order valence-corrected chi connectivity index (χ1v) is 8.64. The molecule has 1 aromatic heterocycles. The number of carbonyl (C=O) groups is 2. The van der Waals surface area contributed by atoms with Gasteiger partial charge >= 0.3 is 0 Å². The van der Waals surface area contributed by atoms with Crippen LogP contribution in [0.3, 0.4) is 0 Å². The van der Waals surface area contributed by atoms with Crippen molar-refractivity contribution >= 4 is 11.8 Å². The molecule has 0 bridgehead atoms. The average Bonchev–Trinajstić information content (AvgIpc) is 3.27. The summed E-state index contributed by atoms with van der Waals surface area (Å²) >= 11 is 0. The Bertz CT molecular complexity index is 687. The monoisotopic (exact) mass is 341 g/mol. The van der Waals surface area contributed by atoms with Gasteiger partial charge < -0.3 is 10.2 Å². The average molecular weight is 341 g/mol. The zero-order valence-corrected chi connectivity index (χ0v) is 14.2. The summed E-state index contributed by atoms with van der Waals surface area (Å²) in [6, 6.07) is 10.1.